The Morgan fingerprint density at radius 2 is 1.83 bits per heavy atom. The molecule has 2 aliphatic rings. The fraction of sp³-hybridized carbons (Fsp3) is 0.462. The summed E-state index contributed by atoms with van der Waals surface area (Å²) in [6.07, 6.45) is 2.37. The first-order valence-electron chi connectivity index (χ1n) is 12.2. The van der Waals surface area contributed by atoms with Crippen LogP contribution in [0.25, 0.3) is 0 Å². The van der Waals surface area contributed by atoms with E-state index in [4.69, 9.17) is 4.98 Å². The van der Waals surface area contributed by atoms with Crippen molar-refractivity contribution in [3.63, 3.8) is 0 Å². The maximum atomic E-state index is 12.3. The minimum absolute atomic E-state index is 0.0666. The van der Waals surface area contributed by atoms with Crippen molar-refractivity contribution in [1.29, 1.82) is 0 Å². The molecule has 4 amide bonds. The monoisotopic (exact) mass is 478 g/mol. The van der Waals surface area contributed by atoms with Crippen molar-refractivity contribution in [3.05, 3.63) is 47.7 Å². The number of nitrogens with zero attached hydrogens (tertiary/aromatic N) is 2. The van der Waals surface area contributed by atoms with Crippen LogP contribution in [-0.2, 0) is 16.1 Å². The number of piperidine rings is 1. The van der Waals surface area contributed by atoms with Crippen LogP contribution in [0.2, 0.25) is 0 Å². The summed E-state index contributed by atoms with van der Waals surface area (Å²) in [4.78, 5) is 42.3. The molecule has 0 unspecified atom stereocenters. The molecule has 1 aromatic heterocycles. The summed E-state index contributed by atoms with van der Waals surface area (Å²) >= 11 is 0. The lowest BCUT2D eigenvalue weighted by Crippen LogP contribution is -2.57. The van der Waals surface area contributed by atoms with Gasteiger partial charge in [-0.25, -0.2) is 9.78 Å². The Hall–Kier alpha value is -3.62. The second-order valence-electron chi connectivity index (χ2n) is 9.69. The van der Waals surface area contributed by atoms with Gasteiger partial charge in [0.1, 0.15) is 11.9 Å². The fourth-order valence-electron chi connectivity index (χ4n) is 4.59. The Labute approximate surface area is 206 Å². The van der Waals surface area contributed by atoms with E-state index in [0.717, 1.165) is 53.4 Å². The lowest BCUT2D eigenvalue weighted by molar-refractivity contribution is -0.128. The molecule has 2 fully saturated rings. The Balaban J connectivity index is 1.29. The number of nitrogens with one attached hydrogen (secondary N) is 4. The zero-order valence-electron chi connectivity index (χ0n) is 20.6. The smallest absolute Gasteiger partial charge is 0.322 e. The molecule has 35 heavy (non-hydrogen) atoms. The van der Waals surface area contributed by atoms with E-state index in [0.29, 0.717) is 6.54 Å². The molecule has 1 aromatic carbocycles. The number of aromatic nitrogens is 1. The molecule has 2 aliphatic heterocycles. The van der Waals surface area contributed by atoms with Crippen LogP contribution >= 0.6 is 0 Å². The summed E-state index contributed by atoms with van der Waals surface area (Å²) in [5.74, 6) is 1.74. The highest BCUT2D eigenvalue weighted by Gasteiger charge is 2.29. The van der Waals surface area contributed by atoms with Gasteiger partial charge in [0, 0.05) is 25.3 Å². The molecular weight excluding hydrogens is 444 g/mol. The number of imide groups is 1. The van der Waals surface area contributed by atoms with Crippen LogP contribution in [0.4, 0.5) is 22.0 Å². The fourth-order valence-corrected chi connectivity index (χ4v) is 4.59. The molecule has 0 saturated carbocycles. The predicted octanol–water partition coefficient (Wildman–Crippen LogP) is 3.22. The summed E-state index contributed by atoms with van der Waals surface area (Å²) in [6, 6.07) is 10.4. The lowest BCUT2D eigenvalue weighted by atomic mass is 9.87. The number of benzene rings is 1. The van der Waals surface area contributed by atoms with Crippen molar-refractivity contribution in [3.8, 4) is 0 Å². The van der Waals surface area contributed by atoms with Crippen LogP contribution in [0, 0.1) is 18.8 Å². The van der Waals surface area contributed by atoms with E-state index < -0.39 is 18.0 Å². The molecule has 9 heteroatoms. The lowest BCUT2D eigenvalue weighted by Gasteiger charge is -2.34. The van der Waals surface area contributed by atoms with Gasteiger partial charge in [0.05, 0.1) is 17.8 Å². The van der Waals surface area contributed by atoms with Gasteiger partial charge in [0.25, 0.3) is 0 Å². The number of carbonyl (C=O) groups is 3. The summed E-state index contributed by atoms with van der Waals surface area (Å²) in [6.45, 7) is 9.05. The second-order valence-corrected chi connectivity index (χ2v) is 9.69. The molecule has 4 rings (SSSR count). The average Bonchev–Trinajstić information content (AvgIpc) is 2.84. The van der Waals surface area contributed by atoms with Crippen molar-refractivity contribution >= 4 is 35.0 Å². The summed E-state index contributed by atoms with van der Waals surface area (Å²) in [5.41, 5.74) is 3.73. The van der Waals surface area contributed by atoms with Crippen LogP contribution < -0.4 is 26.2 Å². The Morgan fingerprint density at radius 3 is 2.46 bits per heavy atom. The van der Waals surface area contributed by atoms with E-state index in [1.807, 2.05) is 31.2 Å². The molecule has 9 nitrogen and oxygen atoms in total. The first kappa shape index (κ1) is 24.5. The van der Waals surface area contributed by atoms with E-state index in [1.165, 1.54) is 12.8 Å². The number of hydrogen-bond donors (Lipinski definition) is 4. The topological polar surface area (TPSA) is 115 Å². The van der Waals surface area contributed by atoms with Gasteiger partial charge in [0.15, 0.2) is 0 Å². The van der Waals surface area contributed by atoms with Crippen molar-refractivity contribution in [2.75, 3.05) is 23.3 Å². The van der Waals surface area contributed by atoms with E-state index >= 15 is 0 Å². The predicted molar refractivity (Wildman–Crippen MR) is 135 cm³/mol. The number of rotatable bonds is 7. The number of carbonyl (C=O) groups excluding carboxylic acids is 3. The molecule has 3 heterocycles. The summed E-state index contributed by atoms with van der Waals surface area (Å²) < 4.78 is 0. The highest BCUT2D eigenvalue weighted by molar-refractivity contribution is 6.02. The van der Waals surface area contributed by atoms with E-state index in [-0.39, 0.29) is 12.3 Å². The third kappa shape index (κ3) is 6.29. The third-order valence-corrected chi connectivity index (χ3v) is 6.84. The number of anilines is 3. The highest BCUT2D eigenvalue weighted by Crippen LogP contribution is 2.29. The maximum absolute atomic E-state index is 12.3. The van der Waals surface area contributed by atoms with Crippen LogP contribution in [-0.4, -0.2) is 42.0 Å². The van der Waals surface area contributed by atoms with Crippen LogP contribution in [0.15, 0.2) is 36.4 Å². The molecule has 0 spiro atoms. The zero-order valence-corrected chi connectivity index (χ0v) is 20.6. The SMILES string of the molecule is Cc1nc(N2CCC(C(C)C)CC2)ccc1Nc1ccc(CNC(=O)[C@@H]2CC(=O)NC(=O)N2)cc1. The van der Waals surface area contributed by atoms with Crippen molar-refractivity contribution < 1.29 is 14.4 Å². The molecule has 0 aliphatic carbocycles. The molecule has 186 valence electrons. The molecule has 1 atom stereocenters. The van der Waals surface area contributed by atoms with E-state index in [1.54, 1.807) is 0 Å². The summed E-state index contributed by atoms with van der Waals surface area (Å²) in [5, 5.41) is 10.7. The Morgan fingerprint density at radius 1 is 1.11 bits per heavy atom. The van der Waals surface area contributed by atoms with Crippen LogP contribution in [0.3, 0.4) is 0 Å². The standard InChI is InChI=1S/C26H34N6O3/c1-16(2)19-10-12-32(13-11-19)23-9-8-21(17(3)28-23)29-20-6-4-18(5-7-20)15-27-25(34)22-14-24(33)31-26(35)30-22/h4-9,16,19,22,29H,10-15H2,1-3H3,(H,27,34)(H2,30,31,33,35)/t22-/m0/s1. The summed E-state index contributed by atoms with van der Waals surface area (Å²) in [7, 11) is 0. The molecule has 2 aromatic rings. The molecule has 0 bridgehead atoms. The number of amides is 4. The van der Waals surface area contributed by atoms with Gasteiger partial charge in [-0.1, -0.05) is 26.0 Å². The number of urea groups is 1. The molecule has 2 saturated heterocycles. The van der Waals surface area contributed by atoms with Gasteiger partial charge in [-0.05, 0) is 61.4 Å². The van der Waals surface area contributed by atoms with E-state index in [9.17, 15) is 14.4 Å². The minimum atomic E-state index is -0.850. The highest BCUT2D eigenvalue weighted by atomic mass is 16.2. The van der Waals surface area contributed by atoms with Gasteiger partial charge >= 0.3 is 6.03 Å². The molecule has 0 radical (unpaired) electrons. The quantitative estimate of drug-likeness (QED) is 0.486. The largest absolute Gasteiger partial charge is 0.357 e. The second kappa shape index (κ2) is 10.8. The number of aryl methyl sites for hydroxylation is 1. The van der Waals surface area contributed by atoms with E-state index in [2.05, 4.69) is 52.1 Å². The molecule has 4 N–H and O–H groups in total. The number of hydrogen-bond acceptors (Lipinski definition) is 6. The van der Waals surface area contributed by atoms with Crippen LogP contribution in [0.1, 0.15) is 44.4 Å². The van der Waals surface area contributed by atoms with Gasteiger partial charge in [0.2, 0.25) is 11.8 Å². The molecular formula is C26H34N6O3. The van der Waals surface area contributed by atoms with Crippen LogP contribution in [0.5, 0.6) is 0 Å². The van der Waals surface area contributed by atoms with Crippen molar-refractivity contribution in [1.82, 2.24) is 20.9 Å². The minimum Gasteiger partial charge on any atom is -0.357 e. The van der Waals surface area contributed by atoms with Gasteiger partial charge < -0.3 is 20.9 Å². The normalized spacial score (nSPS) is 18.7. The third-order valence-electron chi connectivity index (χ3n) is 6.84. The average molecular weight is 479 g/mol. The van der Waals surface area contributed by atoms with Gasteiger partial charge in [-0.3, -0.25) is 14.9 Å². The van der Waals surface area contributed by atoms with Crippen molar-refractivity contribution in [2.24, 2.45) is 11.8 Å². The Kier molecular flexibility index (Phi) is 7.53. The zero-order chi connectivity index (χ0) is 24.9. The maximum Gasteiger partial charge on any atom is 0.322 e. The van der Waals surface area contributed by atoms with Gasteiger partial charge in [-0.15, -0.1) is 0 Å². The first-order valence-corrected chi connectivity index (χ1v) is 12.2. The van der Waals surface area contributed by atoms with Crippen molar-refractivity contribution in [2.45, 2.75) is 52.6 Å². The Bertz CT molecular complexity index is 1060. The first-order chi connectivity index (χ1) is 16.8. The number of pyridine rings is 1. The van der Waals surface area contributed by atoms with Gasteiger partial charge in [-0.2, -0.15) is 0 Å².